The highest BCUT2D eigenvalue weighted by Crippen LogP contribution is 2.45. The van der Waals surface area contributed by atoms with Crippen molar-refractivity contribution < 1.29 is 80.2 Å². The Morgan fingerprint density at radius 2 is 0.469 bits per heavy atom. The first-order valence-corrected chi connectivity index (χ1v) is 44.1. The Bertz CT molecular complexity index is 1870. The molecule has 0 spiro atoms. The van der Waals surface area contributed by atoms with Gasteiger partial charge in [0.2, 0.25) is 0 Å². The van der Waals surface area contributed by atoms with E-state index in [0.717, 1.165) is 95.8 Å². The van der Waals surface area contributed by atoms with E-state index < -0.39 is 97.5 Å². The molecule has 98 heavy (non-hydrogen) atoms. The molecule has 0 amide bonds. The number of phosphoric acid groups is 2. The van der Waals surface area contributed by atoms with Crippen LogP contribution in [0.15, 0.2) is 0 Å². The Labute approximate surface area is 600 Å². The molecule has 0 rings (SSSR count). The Balaban J connectivity index is 5.24. The predicted octanol–water partition coefficient (Wildman–Crippen LogP) is 23.6. The molecule has 0 saturated carbocycles. The number of hydrogen-bond donors (Lipinski definition) is 3. The van der Waals surface area contributed by atoms with Crippen LogP contribution in [0.3, 0.4) is 0 Å². The van der Waals surface area contributed by atoms with Crippen molar-refractivity contribution in [1.29, 1.82) is 0 Å². The van der Waals surface area contributed by atoms with Crippen molar-refractivity contribution in [3.05, 3.63) is 0 Å². The zero-order valence-corrected chi connectivity index (χ0v) is 65.7. The fraction of sp³-hybridized carbons (Fsp3) is 0.949. The van der Waals surface area contributed by atoms with Crippen molar-refractivity contribution in [1.82, 2.24) is 0 Å². The number of hydrogen-bond acceptors (Lipinski definition) is 15. The van der Waals surface area contributed by atoms with Gasteiger partial charge >= 0.3 is 39.5 Å². The fourth-order valence-corrected chi connectivity index (χ4v) is 13.8. The zero-order chi connectivity index (χ0) is 71.9. The molecule has 0 aromatic rings. The van der Waals surface area contributed by atoms with Gasteiger partial charge in [0.05, 0.1) is 26.4 Å². The molecule has 0 bridgehead atoms. The molecule has 0 aliphatic rings. The predicted molar refractivity (Wildman–Crippen MR) is 400 cm³/mol. The second-order valence-corrected chi connectivity index (χ2v) is 31.8. The quantitative estimate of drug-likeness (QED) is 0.0222. The molecule has 2 unspecified atom stereocenters. The second kappa shape index (κ2) is 72.0. The van der Waals surface area contributed by atoms with Crippen molar-refractivity contribution in [2.75, 3.05) is 39.6 Å². The van der Waals surface area contributed by atoms with Crippen LogP contribution in [0.2, 0.25) is 0 Å². The molecule has 0 radical (unpaired) electrons. The van der Waals surface area contributed by atoms with Crippen molar-refractivity contribution in [2.24, 2.45) is 5.92 Å². The first-order chi connectivity index (χ1) is 47.5. The molecule has 3 N–H and O–H groups in total. The number of carbonyl (C=O) groups excluding carboxylic acids is 4. The van der Waals surface area contributed by atoms with Crippen LogP contribution in [0.1, 0.15) is 420 Å². The third-order valence-corrected chi connectivity index (χ3v) is 20.4. The lowest BCUT2D eigenvalue weighted by molar-refractivity contribution is -0.161. The van der Waals surface area contributed by atoms with Gasteiger partial charge in [-0.1, -0.05) is 369 Å². The van der Waals surface area contributed by atoms with Gasteiger partial charge in [0, 0.05) is 25.7 Å². The van der Waals surface area contributed by atoms with Crippen LogP contribution in [-0.2, 0) is 65.4 Å². The Hall–Kier alpha value is -1.94. The lowest BCUT2D eigenvalue weighted by Crippen LogP contribution is -2.30. The summed E-state index contributed by atoms with van der Waals surface area (Å²) < 4.78 is 68.7. The molecule has 0 aliphatic carbocycles. The van der Waals surface area contributed by atoms with E-state index in [9.17, 15) is 43.2 Å². The molecule has 17 nitrogen and oxygen atoms in total. The molecule has 0 aliphatic heterocycles. The van der Waals surface area contributed by atoms with Gasteiger partial charge < -0.3 is 33.8 Å². The van der Waals surface area contributed by atoms with Crippen molar-refractivity contribution in [2.45, 2.75) is 438 Å². The number of aliphatic hydroxyl groups is 1. The van der Waals surface area contributed by atoms with Gasteiger partial charge in [0.1, 0.15) is 19.3 Å². The van der Waals surface area contributed by atoms with Crippen molar-refractivity contribution >= 4 is 39.5 Å². The minimum Gasteiger partial charge on any atom is -0.462 e. The molecule has 19 heteroatoms. The third kappa shape index (κ3) is 72.4. The summed E-state index contributed by atoms with van der Waals surface area (Å²) in [5.74, 6) is -1.37. The summed E-state index contributed by atoms with van der Waals surface area (Å²) in [7, 11) is -9.91. The number of phosphoric ester groups is 2. The number of ether oxygens (including phenoxy) is 4. The van der Waals surface area contributed by atoms with Gasteiger partial charge in [-0.2, -0.15) is 0 Å². The topological polar surface area (TPSA) is 237 Å². The zero-order valence-electron chi connectivity index (χ0n) is 63.9. The molecule has 0 heterocycles. The minimum atomic E-state index is -4.96. The average molecular weight is 1440 g/mol. The molecular formula is C79H154O17P2. The average Bonchev–Trinajstić information content (AvgIpc) is 1.04. The first-order valence-electron chi connectivity index (χ1n) is 41.1. The highest BCUT2D eigenvalue weighted by Gasteiger charge is 2.30. The van der Waals surface area contributed by atoms with Crippen LogP contribution in [0, 0.1) is 5.92 Å². The van der Waals surface area contributed by atoms with E-state index in [1.807, 2.05) is 0 Å². The summed E-state index contributed by atoms with van der Waals surface area (Å²) in [6.45, 7) is 7.30. The molecule has 0 aromatic carbocycles. The van der Waals surface area contributed by atoms with Gasteiger partial charge in [0.15, 0.2) is 12.2 Å². The molecule has 0 fully saturated rings. The van der Waals surface area contributed by atoms with E-state index in [2.05, 4.69) is 34.6 Å². The largest absolute Gasteiger partial charge is 0.472 e. The summed E-state index contributed by atoms with van der Waals surface area (Å²) in [6, 6.07) is 0. The van der Waals surface area contributed by atoms with E-state index >= 15 is 0 Å². The maximum Gasteiger partial charge on any atom is 0.472 e. The Morgan fingerprint density at radius 3 is 0.694 bits per heavy atom. The maximum atomic E-state index is 13.1. The van der Waals surface area contributed by atoms with Crippen molar-refractivity contribution in [3.8, 4) is 0 Å². The summed E-state index contributed by atoms with van der Waals surface area (Å²) >= 11 is 0. The fourth-order valence-electron chi connectivity index (χ4n) is 12.2. The van der Waals surface area contributed by atoms with Crippen LogP contribution < -0.4 is 0 Å². The van der Waals surface area contributed by atoms with Gasteiger partial charge in [-0.3, -0.25) is 37.3 Å². The van der Waals surface area contributed by atoms with Gasteiger partial charge in [0.25, 0.3) is 0 Å². The van der Waals surface area contributed by atoms with Crippen LogP contribution in [0.25, 0.3) is 0 Å². The second-order valence-electron chi connectivity index (χ2n) is 28.9. The highest BCUT2D eigenvalue weighted by atomic mass is 31.2. The van der Waals surface area contributed by atoms with E-state index in [-0.39, 0.29) is 25.7 Å². The Morgan fingerprint density at radius 1 is 0.276 bits per heavy atom. The van der Waals surface area contributed by atoms with Gasteiger partial charge in [-0.15, -0.1) is 0 Å². The SMILES string of the molecule is CCCCCCCCCCCCCCCCCCCCCC(=O)O[C@H](COC(=O)CCCCCCCCCCCCCCCCC)COP(=O)(O)OC[C@@H](O)COP(=O)(O)OC[C@@H](COC(=O)CCCCCCCCCCCCCC)OC(=O)CCCCCCCCCCCC(C)C. The third-order valence-electron chi connectivity index (χ3n) is 18.5. The molecule has 0 aromatic heterocycles. The first kappa shape index (κ1) is 96.1. The summed E-state index contributed by atoms with van der Waals surface area (Å²) in [5, 5.41) is 10.6. The van der Waals surface area contributed by atoms with E-state index in [4.69, 9.17) is 37.0 Å². The number of unbranched alkanes of at least 4 members (excludes halogenated alkanes) is 51. The van der Waals surface area contributed by atoms with E-state index in [1.54, 1.807) is 0 Å². The standard InChI is InChI=1S/C79H154O17P2/c1-6-9-12-15-18-21-24-27-29-30-31-32-34-36-39-44-49-54-59-64-78(83)95-74(68-90-77(82)63-58-53-48-43-38-35-33-28-25-22-19-16-13-10-7-2)70-93-97(85,86)91-66-73(80)67-92-98(87,88)94-71-75(96-79(84)65-60-55-50-45-40-41-46-51-56-61-72(4)5)69-89-76(81)62-57-52-47-42-37-26-23-20-17-14-11-8-3/h72-75,80H,6-71H2,1-5H3,(H,85,86)(H,87,88)/t73-,74-,75-/m1/s1. The summed E-state index contributed by atoms with van der Waals surface area (Å²) in [5.41, 5.74) is 0. The van der Waals surface area contributed by atoms with Gasteiger partial charge in [-0.25, -0.2) is 9.13 Å². The maximum absolute atomic E-state index is 13.1. The number of carbonyl (C=O) groups is 4. The van der Waals surface area contributed by atoms with Crippen molar-refractivity contribution in [3.63, 3.8) is 0 Å². The molecular weight excluding hydrogens is 1280 g/mol. The lowest BCUT2D eigenvalue weighted by atomic mass is 10.0. The van der Waals surface area contributed by atoms with Crippen LogP contribution >= 0.6 is 15.6 Å². The highest BCUT2D eigenvalue weighted by molar-refractivity contribution is 7.47. The molecule has 5 atom stereocenters. The smallest absolute Gasteiger partial charge is 0.462 e. The lowest BCUT2D eigenvalue weighted by Gasteiger charge is -2.21. The molecule has 0 saturated heterocycles. The number of esters is 4. The normalized spacial score (nSPS) is 13.9. The Kier molecular flexibility index (Phi) is 70.6. The van der Waals surface area contributed by atoms with E-state index in [1.165, 1.54) is 244 Å². The van der Waals surface area contributed by atoms with Crippen LogP contribution in [-0.4, -0.2) is 96.7 Å². The minimum absolute atomic E-state index is 0.106. The van der Waals surface area contributed by atoms with Crippen LogP contribution in [0.4, 0.5) is 0 Å². The molecule has 582 valence electrons. The van der Waals surface area contributed by atoms with Gasteiger partial charge in [-0.05, 0) is 31.6 Å². The number of aliphatic hydroxyl groups excluding tert-OH is 1. The summed E-state index contributed by atoms with van der Waals surface area (Å²) in [6.07, 6.45) is 62.4. The van der Waals surface area contributed by atoms with E-state index in [0.29, 0.717) is 25.7 Å². The van der Waals surface area contributed by atoms with Crippen LogP contribution in [0.5, 0.6) is 0 Å². The monoisotopic (exact) mass is 1440 g/mol. The number of rotatable bonds is 79. The summed E-state index contributed by atoms with van der Waals surface area (Å²) in [4.78, 5) is 72.9.